The quantitative estimate of drug-likeness (QED) is 0.850. The molecule has 1 atom stereocenters. The maximum Gasteiger partial charge on any atom is 0.125 e. The lowest BCUT2D eigenvalue weighted by Crippen LogP contribution is -2.25. The van der Waals surface area contributed by atoms with Crippen LogP contribution in [0.4, 0.5) is 0 Å². The van der Waals surface area contributed by atoms with E-state index in [1.165, 1.54) is 5.69 Å². The van der Waals surface area contributed by atoms with E-state index in [2.05, 4.69) is 51.9 Å². The molecule has 114 valence electrons. The molecule has 0 bridgehead atoms. The third-order valence-electron chi connectivity index (χ3n) is 3.59. The van der Waals surface area contributed by atoms with Crippen LogP contribution in [0.25, 0.3) is 0 Å². The molecule has 0 spiro atoms. The van der Waals surface area contributed by atoms with Gasteiger partial charge < -0.3 is 5.32 Å². The zero-order chi connectivity index (χ0) is 15.2. The molecular formula is C16H25N5. The number of likely N-dealkylation sites (N-methyl/N-ethyl adjacent to an activating group) is 1. The molecule has 1 N–H and O–H groups in total. The molecule has 2 aromatic heterocycles. The van der Waals surface area contributed by atoms with Crippen molar-refractivity contribution in [3.8, 4) is 0 Å². The molecule has 21 heavy (non-hydrogen) atoms. The van der Waals surface area contributed by atoms with Crippen LogP contribution in [0.1, 0.15) is 49.7 Å². The summed E-state index contributed by atoms with van der Waals surface area (Å²) in [6.07, 6.45) is 3.69. The molecular weight excluding hydrogens is 262 g/mol. The second-order valence-electron chi connectivity index (χ2n) is 5.14. The lowest BCUT2D eigenvalue weighted by atomic mass is 10.1. The molecule has 0 saturated heterocycles. The zero-order valence-corrected chi connectivity index (χ0v) is 13.4. The Balaban J connectivity index is 2.25. The van der Waals surface area contributed by atoms with Crippen LogP contribution in [0.3, 0.4) is 0 Å². The Morgan fingerprint density at radius 1 is 1.29 bits per heavy atom. The molecule has 5 nitrogen and oxygen atoms in total. The van der Waals surface area contributed by atoms with Gasteiger partial charge in [0.25, 0.3) is 0 Å². The summed E-state index contributed by atoms with van der Waals surface area (Å²) in [5.41, 5.74) is 3.46. The summed E-state index contributed by atoms with van der Waals surface area (Å²) in [5.74, 6) is 0.814. The van der Waals surface area contributed by atoms with Gasteiger partial charge in [-0.2, -0.15) is 5.10 Å². The minimum Gasteiger partial charge on any atom is -0.309 e. The first kappa shape index (κ1) is 15.6. The van der Waals surface area contributed by atoms with E-state index in [-0.39, 0.29) is 6.04 Å². The zero-order valence-electron chi connectivity index (χ0n) is 13.4. The monoisotopic (exact) mass is 287 g/mol. The first-order valence-electron chi connectivity index (χ1n) is 7.76. The van der Waals surface area contributed by atoms with Gasteiger partial charge in [-0.15, -0.1) is 0 Å². The second-order valence-corrected chi connectivity index (χ2v) is 5.14. The van der Waals surface area contributed by atoms with Gasteiger partial charge in [0.1, 0.15) is 5.82 Å². The van der Waals surface area contributed by atoms with Gasteiger partial charge in [0.15, 0.2) is 0 Å². The number of nitrogens with one attached hydrogen (secondary N) is 1. The van der Waals surface area contributed by atoms with Crippen molar-refractivity contribution in [1.29, 1.82) is 0 Å². The molecule has 0 aliphatic heterocycles. The van der Waals surface area contributed by atoms with Crippen LogP contribution >= 0.6 is 0 Å². The van der Waals surface area contributed by atoms with Crippen LogP contribution in [0.5, 0.6) is 0 Å². The molecule has 5 heteroatoms. The molecule has 0 aliphatic carbocycles. The third-order valence-corrected chi connectivity index (χ3v) is 3.59. The van der Waals surface area contributed by atoms with Gasteiger partial charge in [-0.3, -0.25) is 4.68 Å². The molecule has 0 aromatic carbocycles. The van der Waals surface area contributed by atoms with Crippen molar-refractivity contribution >= 4 is 0 Å². The molecule has 1 unspecified atom stereocenters. The van der Waals surface area contributed by atoms with E-state index in [0.717, 1.165) is 43.1 Å². The lowest BCUT2D eigenvalue weighted by molar-refractivity contribution is 0.504. The molecule has 0 radical (unpaired) electrons. The van der Waals surface area contributed by atoms with Crippen LogP contribution in [-0.4, -0.2) is 26.3 Å². The second kappa shape index (κ2) is 7.31. The van der Waals surface area contributed by atoms with Gasteiger partial charge in [0, 0.05) is 24.9 Å². The van der Waals surface area contributed by atoms with Crippen molar-refractivity contribution in [2.24, 2.45) is 0 Å². The highest BCUT2D eigenvalue weighted by molar-refractivity contribution is 5.16. The van der Waals surface area contributed by atoms with E-state index in [1.807, 2.05) is 19.2 Å². The van der Waals surface area contributed by atoms with E-state index in [9.17, 15) is 0 Å². The number of hydrogen-bond donors (Lipinski definition) is 1. The van der Waals surface area contributed by atoms with Crippen molar-refractivity contribution in [3.05, 3.63) is 41.2 Å². The minimum absolute atomic E-state index is 0.198. The fraction of sp³-hybridized carbons (Fsp3) is 0.562. The Morgan fingerprint density at radius 3 is 2.71 bits per heavy atom. The number of hydrogen-bond acceptors (Lipinski definition) is 4. The Morgan fingerprint density at radius 2 is 2.10 bits per heavy atom. The van der Waals surface area contributed by atoms with Gasteiger partial charge >= 0.3 is 0 Å². The Kier molecular flexibility index (Phi) is 5.44. The first-order chi connectivity index (χ1) is 10.2. The van der Waals surface area contributed by atoms with Crippen molar-refractivity contribution in [2.75, 3.05) is 6.54 Å². The summed E-state index contributed by atoms with van der Waals surface area (Å²) in [4.78, 5) is 8.75. The summed E-state index contributed by atoms with van der Waals surface area (Å²) in [7, 11) is 0. The first-order valence-corrected chi connectivity index (χ1v) is 7.76. The highest BCUT2D eigenvalue weighted by atomic mass is 15.3. The Bertz CT molecular complexity index is 576. The summed E-state index contributed by atoms with van der Waals surface area (Å²) in [5, 5.41) is 8.15. The van der Waals surface area contributed by atoms with Crippen LogP contribution in [0.15, 0.2) is 18.3 Å². The van der Waals surface area contributed by atoms with Crippen molar-refractivity contribution in [2.45, 2.75) is 53.1 Å². The van der Waals surface area contributed by atoms with Gasteiger partial charge in [-0.05, 0) is 38.9 Å². The lowest BCUT2D eigenvalue weighted by Gasteiger charge is -2.18. The van der Waals surface area contributed by atoms with Crippen molar-refractivity contribution < 1.29 is 0 Å². The number of rotatable bonds is 7. The Labute approximate surface area is 126 Å². The van der Waals surface area contributed by atoms with E-state index >= 15 is 0 Å². The average molecular weight is 287 g/mol. The topological polar surface area (TPSA) is 55.6 Å². The third kappa shape index (κ3) is 3.88. The van der Waals surface area contributed by atoms with Crippen molar-refractivity contribution in [3.63, 3.8) is 0 Å². The summed E-state index contributed by atoms with van der Waals surface area (Å²) >= 11 is 0. The van der Waals surface area contributed by atoms with Gasteiger partial charge in [-0.1, -0.05) is 13.8 Å². The number of nitrogens with zero attached hydrogens (tertiary/aromatic N) is 4. The van der Waals surface area contributed by atoms with E-state index < -0.39 is 0 Å². The number of aryl methyl sites for hydroxylation is 3. The summed E-state index contributed by atoms with van der Waals surface area (Å²) in [6.45, 7) is 10.1. The molecule has 2 heterocycles. The van der Waals surface area contributed by atoms with Gasteiger partial charge in [0.2, 0.25) is 0 Å². The number of aromatic nitrogens is 4. The van der Waals surface area contributed by atoms with E-state index in [0.29, 0.717) is 0 Å². The van der Waals surface area contributed by atoms with Gasteiger partial charge in [0.05, 0.1) is 17.4 Å². The largest absolute Gasteiger partial charge is 0.309 e. The average Bonchev–Trinajstić information content (AvgIpc) is 2.89. The van der Waals surface area contributed by atoms with Crippen LogP contribution in [0.2, 0.25) is 0 Å². The Hall–Kier alpha value is -1.75. The molecule has 0 saturated carbocycles. The molecule has 0 amide bonds. The predicted molar refractivity (Wildman–Crippen MR) is 84.2 cm³/mol. The smallest absolute Gasteiger partial charge is 0.125 e. The van der Waals surface area contributed by atoms with Crippen molar-refractivity contribution in [1.82, 2.24) is 25.1 Å². The standard InChI is InChI=1S/C16H25N5/c1-5-13-10-14(21(7-3)20-13)11-16(17-6-2)15-8-9-18-12(4)19-15/h8-10,16-17H,5-7,11H2,1-4H3. The van der Waals surface area contributed by atoms with Crippen LogP contribution < -0.4 is 5.32 Å². The maximum atomic E-state index is 4.63. The molecule has 2 rings (SSSR count). The van der Waals surface area contributed by atoms with E-state index in [1.54, 1.807) is 0 Å². The van der Waals surface area contributed by atoms with Crippen LogP contribution in [0, 0.1) is 6.92 Å². The van der Waals surface area contributed by atoms with Crippen LogP contribution in [-0.2, 0) is 19.4 Å². The van der Waals surface area contributed by atoms with Gasteiger partial charge in [-0.25, -0.2) is 9.97 Å². The molecule has 0 fully saturated rings. The molecule has 0 aliphatic rings. The highest BCUT2D eigenvalue weighted by Crippen LogP contribution is 2.18. The summed E-state index contributed by atoms with van der Waals surface area (Å²) < 4.78 is 2.09. The normalized spacial score (nSPS) is 12.6. The fourth-order valence-electron chi connectivity index (χ4n) is 2.53. The minimum atomic E-state index is 0.198. The SMILES string of the molecule is CCNC(Cc1cc(CC)nn1CC)c1ccnc(C)n1. The van der Waals surface area contributed by atoms with E-state index in [4.69, 9.17) is 0 Å². The molecule has 2 aromatic rings. The fourth-order valence-corrected chi connectivity index (χ4v) is 2.53. The maximum absolute atomic E-state index is 4.63. The predicted octanol–water partition coefficient (Wildman–Crippen LogP) is 2.46. The highest BCUT2D eigenvalue weighted by Gasteiger charge is 2.16. The summed E-state index contributed by atoms with van der Waals surface area (Å²) in [6, 6.07) is 4.40.